The van der Waals surface area contributed by atoms with Gasteiger partial charge in [0, 0.05) is 24.1 Å². The van der Waals surface area contributed by atoms with Crippen molar-refractivity contribution in [1.29, 1.82) is 0 Å². The van der Waals surface area contributed by atoms with E-state index in [2.05, 4.69) is 5.32 Å². The van der Waals surface area contributed by atoms with Crippen LogP contribution in [0.15, 0.2) is 18.2 Å². The second-order valence-corrected chi connectivity index (χ2v) is 5.84. The highest BCUT2D eigenvalue weighted by Gasteiger charge is 2.33. The SMILES string of the molecule is CC(CC(C)(CO)NC1CC1)Oc1cc(F)ccc1F. The number of benzene rings is 1. The fourth-order valence-corrected chi connectivity index (χ4v) is 2.35. The fraction of sp³-hybridized carbons (Fsp3) is 0.600. The van der Waals surface area contributed by atoms with Crippen LogP contribution >= 0.6 is 0 Å². The quantitative estimate of drug-likeness (QED) is 0.809. The number of ether oxygens (including phenoxy) is 1. The second-order valence-electron chi connectivity index (χ2n) is 5.84. The Bertz CT molecular complexity index is 465. The Morgan fingerprint density at radius 2 is 2.15 bits per heavy atom. The van der Waals surface area contributed by atoms with Crippen LogP contribution in [0, 0.1) is 11.6 Å². The highest BCUT2D eigenvalue weighted by molar-refractivity contribution is 5.25. The Kier molecular flexibility index (Phi) is 4.60. The highest BCUT2D eigenvalue weighted by atomic mass is 19.1. The van der Waals surface area contributed by atoms with Crippen LogP contribution in [0.5, 0.6) is 5.75 Å². The summed E-state index contributed by atoms with van der Waals surface area (Å²) < 4.78 is 32.1. The molecule has 20 heavy (non-hydrogen) atoms. The van der Waals surface area contributed by atoms with Crippen LogP contribution in [0.4, 0.5) is 8.78 Å². The molecule has 2 atom stereocenters. The van der Waals surface area contributed by atoms with Crippen LogP contribution in [0.2, 0.25) is 0 Å². The van der Waals surface area contributed by atoms with Gasteiger partial charge in [0.05, 0.1) is 12.7 Å². The Balaban J connectivity index is 1.96. The zero-order valence-electron chi connectivity index (χ0n) is 11.8. The first-order valence-corrected chi connectivity index (χ1v) is 6.92. The van der Waals surface area contributed by atoms with Crippen LogP contribution in [0.25, 0.3) is 0 Å². The number of halogens is 2. The van der Waals surface area contributed by atoms with Crippen LogP contribution in [0.1, 0.15) is 33.1 Å². The maximum atomic E-state index is 13.5. The first kappa shape index (κ1) is 15.2. The lowest BCUT2D eigenvalue weighted by Crippen LogP contribution is -2.49. The van der Waals surface area contributed by atoms with E-state index in [-0.39, 0.29) is 18.5 Å². The topological polar surface area (TPSA) is 41.5 Å². The van der Waals surface area contributed by atoms with E-state index < -0.39 is 17.2 Å². The molecule has 0 spiro atoms. The van der Waals surface area contributed by atoms with Crippen molar-refractivity contribution in [3.63, 3.8) is 0 Å². The molecule has 1 aliphatic rings. The summed E-state index contributed by atoms with van der Waals surface area (Å²) in [7, 11) is 0. The predicted octanol–water partition coefficient (Wildman–Crippen LogP) is 2.63. The van der Waals surface area contributed by atoms with Crippen molar-refractivity contribution < 1.29 is 18.6 Å². The van der Waals surface area contributed by atoms with Crippen LogP contribution in [-0.2, 0) is 0 Å². The van der Waals surface area contributed by atoms with E-state index in [9.17, 15) is 13.9 Å². The number of hydrogen-bond donors (Lipinski definition) is 2. The van der Waals surface area contributed by atoms with Crippen molar-refractivity contribution in [1.82, 2.24) is 5.32 Å². The van der Waals surface area contributed by atoms with E-state index in [1.54, 1.807) is 6.92 Å². The average Bonchev–Trinajstić information content (AvgIpc) is 3.17. The van der Waals surface area contributed by atoms with Gasteiger partial charge in [-0.15, -0.1) is 0 Å². The maximum Gasteiger partial charge on any atom is 0.165 e. The van der Waals surface area contributed by atoms with Crippen molar-refractivity contribution in [3.05, 3.63) is 29.8 Å². The summed E-state index contributed by atoms with van der Waals surface area (Å²) in [4.78, 5) is 0. The monoisotopic (exact) mass is 285 g/mol. The summed E-state index contributed by atoms with van der Waals surface area (Å²) in [5.41, 5.74) is -0.468. The van der Waals surface area contributed by atoms with Gasteiger partial charge in [0.15, 0.2) is 11.6 Å². The van der Waals surface area contributed by atoms with E-state index in [0.29, 0.717) is 12.5 Å². The van der Waals surface area contributed by atoms with Gasteiger partial charge in [-0.05, 0) is 38.8 Å². The lowest BCUT2D eigenvalue weighted by atomic mass is 9.95. The molecule has 2 unspecified atom stereocenters. The largest absolute Gasteiger partial charge is 0.487 e. The minimum Gasteiger partial charge on any atom is -0.487 e. The Morgan fingerprint density at radius 1 is 1.45 bits per heavy atom. The van der Waals surface area contributed by atoms with Gasteiger partial charge in [0.25, 0.3) is 0 Å². The molecule has 1 saturated carbocycles. The standard InChI is InChI=1S/C15H21F2NO2/c1-10(8-15(2,9-19)18-12-4-5-12)20-14-7-11(16)3-6-13(14)17/h3,6-7,10,12,18-19H,4-5,8-9H2,1-2H3. The van der Waals surface area contributed by atoms with Gasteiger partial charge in [-0.2, -0.15) is 0 Å². The molecule has 2 rings (SSSR count). The van der Waals surface area contributed by atoms with Crippen LogP contribution in [-0.4, -0.2) is 29.4 Å². The average molecular weight is 285 g/mol. The van der Waals surface area contributed by atoms with Crippen molar-refractivity contribution in [2.24, 2.45) is 0 Å². The molecule has 0 aromatic heterocycles. The summed E-state index contributed by atoms with van der Waals surface area (Å²) in [6.45, 7) is 3.67. The Labute approximate surface area is 117 Å². The lowest BCUT2D eigenvalue weighted by molar-refractivity contribution is 0.106. The van der Waals surface area contributed by atoms with Gasteiger partial charge in [-0.25, -0.2) is 8.78 Å². The Hall–Kier alpha value is -1.20. The van der Waals surface area contributed by atoms with Gasteiger partial charge in [-0.3, -0.25) is 0 Å². The molecule has 1 aromatic carbocycles. The summed E-state index contributed by atoms with van der Waals surface area (Å²) in [5, 5.41) is 12.9. The first-order valence-electron chi connectivity index (χ1n) is 6.92. The van der Waals surface area contributed by atoms with E-state index >= 15 is 0 Å². The number of aliphatic hydroxyl groups excluding tert-OH is 1. The molecule has 2 N–H and O–H groups in total. The van der Waals surface area contributed by atoms with Crippen LogP contribution in [0.3, 0.4) is 0 Å². The van der Waals surface area contributed by atoms with Gasteiger partial charge in [-0.1, -0.05) is 0 Å². The molecule has 0 heterocycles. The molecular weight excluding hydrogens is 264 g/mol. The minimum absolute atomic E-state index is 0.0250. The highest BCUT2D eigenvalue weighted by Crippen LogP contribution is 2.26. The molecule has 0 bridgehead atoms. The van der Waals surface area contributed by atoms with Crippen molar-refractivity contribution >= 4 is 0 Å². The van der Waals surface area contributed by atoms with Gasteiger partial charge in [0.2, 0.25) is 0 Å². The minimum atomic E-state index is -0.584. The number of hydrogen-bond acceptors (Lipinski definition) is 3. The molecule has 0 amide bonds. The summed E-state index contributed by atoms with van der Waals surface area (Å²) >= 11 is 0. The molecular formula is C15H21F2NO2. The third-order valence-electron chi connectivity index (χ3n) is 3.44. The van der Waals surface area contributed by atoms with E-state index in [1.807, 2.05) is 6.92 Å². The van der Waals surface area contributed by atoms with E-state index in [4.69, 9.17) is 4.74 Å². The lowest BCUT2D eigenvalue weighted by Gasteiger charge is -2.32. The smallest absolute Gasteiger partial charge is 0.165 e. The van der Waals surface area contributed by atoms with Gasteiger partial charge in [0.1, 0.15) is 5.82 Å². The van der Waals surface area contributed by atoms with E-state index in [0.717, 1.165) is 31.0 Å². The fourth-order valence-electron chi connectivity index (χ4n) is 2.35. The molecule has 1 fully saturated rings. The summed E-state index contributed by atoms with van der Waals surface area (Å²) in [6.07, 6.45) is 2.40. The first-order chi connectivity index (χ1) is 9.42. The third kappa shape index (κ3) is 4.15. The summed E-state index contributed by atoms with van der Waals surface area (Å²) in [6, 6.07) is 3.59. The predicted molar refractivity (Wildman–Crippen MR) is 72.7 cm³/mol. The molecule has 5 heteroatoms. The zero-order valence-corrected chi connectivity index (χ0v) is 11.8. The molecule has 3 nitrogen and oxygen atoms in total. The molecule has 1 aliphatic carbocycles. The number of rotatable bonds is 7. The van der Waals surface area contributed by atoms with Crippen molar-refractivity contribution in [3.8, 4) is 5.75 Å². The van der Waals surface area contributed by atoms with Crippen LogP contribution < -0.4 is 10.1 Å². The number of aliphatic hydroxyl groups is 1. The van der Waals surface area contributed by atoms with E-state index in [1.165, 1.54) is 0 Å². The third-order valence-corrected chi connectivity index (χ3v) is 3.44. The Morgan fingerprint density at radius 3 is 2.75 bits per heavy atom. The normalized spacial score (nSPS) is 19.4. The van der Waals surface area contributed by atoms with Crippen molar-refractivity contribution in [2.75, 3.05) is 6.61 Å². The molecule has 0 saturated heterocycles. The molecule has 0 radical (unpaired) electrons. The molecule has 112 valence electrons. The van der Waals surface area contributed by atoms with Gasteiger partial charge >= 0.3 is 0 Å². The van der Waals surface area contributed by atoms with Gasteiger partial charge < -0.3 is 15.2 Å². The molecule has 1 aromatic rings. The zero-order chi connectivity index (χ0) is 14.8. The molecule has 0 aliphatic heterocycles. The maximum absolute atomic E-state index is 13.5. The second kappa shape index (κ2) is 6.06. The van der Waals surface area contributed by atoms with Crippen molar-refractivity contribution in [2.45, 2.75) is 50.8 Å². The number of nitrogens with one attached hydrogen (secondary N) is 1. The summed E-state index contributed by atoms with van der Waals surface area (Å²) in [5.74, 6) is -1.21.